The van der Waals surface area contributed by atoms with Crippen molar-refractivity contribution in [1.82, 2.24) is 0 Å². The predicted octanol–water partition coefficient (Wildman–Crippen LogP) is 1.59. The van der Waals surface area contributed by atoms with E-state index in [1.807, 2.05) is 0 Å². The minimum Gasteiger partial charge on any atom is -0.488 e. The Labute approximate surface area is 83.7 Å². The van der Waals surface area contributed by atoms with Gasteiger partial charge >= 0.3 is 0 Å². The van der Waals surface area contributed by atoms with Gasteiger partial charge in [0.1, 0.15) is 0 Å². The maximum atomic E-state index is 10.9. The van der Waals surface area contributed by atoms with E-state index in [0.29, 0.717) is 5.76 Å². The average molecular weight is 215 g/mol. The van der Waals surface area contributed by atoms with Crippen LogP contribution in [0.5, 0.6) is 0 Å². The number of hydrogen-bond acceptors (Lipinski definition) is 3. The molecule has 2 rings (SSSR count). The smallest absolute Gasteiger partial charge is 0.279 e. The van der Waals surface area contributed by atoms with E-state index >= 15 is 0 Å². The van der Waals surface area contributed by atoms with E-state index in [1.54, 1.807) is 0 Å². The van der Waals surface area contributed by atoms with Crippen LogP contribution in [-0.2, 0) is 14.8 Å². The highest BCUT2D eigenvalue weighted by Crippen LogP contribution is 2.23. The van der Waals surface area contributed by atoms with Gasteiger partial charge in [0, 0.05) is 0 Å². The number of rotatable bonds is 2. The maximum Gasteiger partial charge on any atom is 0.279 e. The third kappa shape index (κ3) is 2.35. The fraction of sp³-hybridized carbons (Fsp3) is 0.667. The second-order valence-electron chi connectivity index (χ2n) is 3.65. The van der Waals surface area contributed by atoms with E-state index in [-0.39, 0.29) is 6.10 Å². The Bertz CT molecular complexity index is 364. The SMILES string of the molecule is O=S1(=O)C=C(OC2CCCCC2)C=N1. The van der Waals surface area contributed by atoms with Gasteiger partial charge in [-0.05, 0) is 25.7 Å². The van der Waals surface area contributed by atoms with Crippen molar-refractivity contribution in [2.24, 2.45) is 4.40 Å². The zero-order valence-corrected chi connectivity index (χ0v) is 8.66. The topological polar surface area (TPSA) is 55.7 Å². The van der Waals surface area contributed by atoms with Crippen LogP contribution >= 0.6 is 0 Å². The molecule has 1 aliphatic carbocycles. The lowest BCUT2D eigenvalue weighted by molar-refractivity contribution is 0.0959. The molecular formula is C9H13NO3S. The lowest BCUT2D eigenvalue weighted by atomic mass is 9.98. The summed E-state index contributed by atoms with van der Waals surface area (Å²) in [5, 5.41) is 1.08. The van der Waals surface area contributed by atoms with Crippen molar-refractivity contribution >= 4 is 16.2 Å². The van der Waals surface area contributed by atoms with E-state index in [9.17, 15) is 8.42 Å². The molecule has 0 spiro atoms. The van der Waals surface area contributed by atoms with Crippen LogP contribution in [0, 0.1) is 0 Å². The number of hydrogen-bond donors (Lipinski definition) is 0. The first-order valence-corrected chi connectivity index (χ1v) is 6.35. The first kappa shape index (κ1) is 9.71. The Hall–Kier alpha value is -0.840. The molecule has 1 heterocycles. The van der Waals surface area contributed by atoms with Crippen LogP contribution < -0.4 is 0 Å². The van der Waals surface area contributed by atoms with E-state index in [1.165, 1.54) is 25.5 Å². The van der Waals surface area contributed by atoms with E-state index in [2.05, 4.69) is 4.40 Å². The third-order valence-corrected chi connectivity index (χ3v) is 3.38. The van der Waals surface area contributed by atoms with Crippen LogP contribution in [0.15, 0.2) is 15.6 Å². The Balaban J connectivity index is 1.96. The van der Waals surface area contributed by atoms with Gasteiger partial charge in [0.15, 0.2) is 5.76 Å². The summed E-state index contributed by atoms with van der Waals surface area (Å²) in [5.41, 5.74) is 0. The highest BCUT2D eigenvalue weighted by molar-refractivity contribution is 7.93. The van der Waals surface area contributed by atoms with E-state index < -0.39 is 10.0 Å². The van der Waals surface area contributed by atoms with Gasteiger partial charge in [0.25, 0.3) is 10.0 Å². The summed E-state index contributed by atoms with van der Waals surface area (Å²) in [6.45, 7) is 0. The van der Waals surface area contributed by atoms with Crippen LogP contribution in [0.4, 0.5) is 0 Å². The molecule has 14 heavy (non-hydrogen) atoms. The first-order valence-electron chi connectivity index (χ1n) is 4.84. The standard InChI is InChI=1S/C9H13NO3S/c11-14(12)7-9(6-10-14)13-8-4-2-1-3-5-8/h6-8H,1-5H2. The molecule has 0 atom stereocenters. The van der Waals surface area contributed by atoms with Crippen LogP contribution in [-0.4, -0.2) is 20.7 Å². The van der Waals surface area contributed by atoms with Crippen LogP contribution in [0.2, 0.25) is 0 Å². The first-order chi connectivity index (χ1) is 6.66. The zero-order valence-electron chi connectivity index (χ0n) is 7.85. The van der Waals surface area contributed by atoms with Gasteiger partial charge < -0.3 is 4.74 Å². The van der Waals surface area contributed by atoms with E-state index in [0.717, 1.165) is 18.2 Å². The quantitative estimate of drug-likeness (QED) is 0.703. The molecule has 78 valence electrons. The van der Waals surface area contributed by atoms with Crippen molar-refractivity contribution in [3.8, 4) is 0 Å². The Morgan fingerprint density at radius 3 is 2.57 bits per heavy atom. The number of allylic oxidation sites excluding steroid dienone is 1. The molecular weight excluding hydrogens is 202 g/mol. The van der Waals surface area contributed by atoms with Crippen molar-refractivity contribution in [3.05, 3.63) is 11.2 Å². The van der Waals surface area contributed by atoms with Crippen molar-refractivity contribution in [1.29, 1.82) is 0 Å². The summed E-state index contributed by atoms with van der Waals surface area (Å²) in [7, 11) is -3.36. The summed E-state index contributed by atoms with van der Waals surface area (Å²) in [4.78, 5) is 0. The van der Waals surface area contributed by atoms with Gasteiger partial charge in [-0.3, -0.25) is 0 Å². The molecule has 4 nitrogen and oxygen atoms in total. The van der Waals surface area contributed by atoms with Gasteiger partial charge in [-0.15, -0.1) is 0 Å². The highest BCUT2D eigenvalue weighted by Gasteiger charge is 2.19. The molecule has 1 fully saturated rings. The highest BCUT2D eigenvalue weighted by atomic mass is 32.2. The van der Waals surface area contributed by atoms with Gasteiger partial charge in [-0.2, -0.15) is 12.8 Å². The van der Waals surface area contributed by atoms with E-state index in [4.69, 9.17) is 4.74 Å². The molecule has 0 aromatic carbocycles. The molecule has 1 aliphatic heterocycles. The Morgan fingerprint density at radius 2 is 2.00 bits per heavy atom. The Kier molecular flexibility index (Phi) is 2.58. The summed E-state index contributed by atoms with van der Waals surface area (Å²) in [6.07, 6.45) is 7.09. The van der Waals surface area contributed by atoms with Crippen molar-refractivity contribution in [2.75, 3.05) is 0 Å². The summed E-state index contributed by atoms with van der Waals surface area (Å²) in [5.74, 6) is 0.386. The molecule has 1 saturated carbocycles. The monoisotopic (exact) mass is 215 g/mol. The molecule has 0 aromatic heterocycles. The Morgan fingerprint density at radius 1 is 1.29 bits per heavy atom. The molecule has 0 unspecified atom stereocenters. The number of nitrogens with zero attached hydrogens (tertiary/aromatic N) is 1. The largest absolute Gasteiger partial charge is 0.488 e. The van der Waals surface area contributed by atoms with Gasteiger partial charge in [-0.1, -0.05) is 6.42 Å². The molecule has 2 aliphatic rings. The van der Waals surface area contributed by atoms with Crippen molar-refractivity contribution in [3.63, 3.8) is 0 Å². The van der Waals surface area contributed by atoms with Gasteiger partial charge in [-0.25, -0.2) is 0 Å². The van der Waals surface area contributed by atoms with Crippen LogP contribution in [0.3, 0.4) is 0 Å². The average Bonchev–Trinajstić information content (AvgIpc) is 2.47. The molecule has 0 amide bonds. The third-order valence-electron chi connectivity index (χ3n) is 2.45. The van der Waals surface area contributed by atoms with Gasteiger partial charge in [0.2, 0.25) is 0 Å². The second-order valence-corrected chi connectivity index (χ2v) is 5.12. The number of sulfonamides is 1. The minimum absolute atomic E-state index is 0.176. The van der Waals surface area contributed by atoms with Crippen molar-refractivity contribution < 1.29 is 13.2 Å². The molecule has 0 saturated heterocycles. The van der Waals surface area contributed by atoms with Crippen LogP contribution in [0.25, 0.3) is 0 Å². The maximum absolute atomic E-state index is 10.9. The summed E-state index contributed by atoms with van der Waals surface area (Å²) >= 11 is 0. The molecule has 5 heteroatoms. The molecule has 0 bridgehead atoms. The number of ether oxygens (including phenoxy) is 1. The molecule has 0 aromatic rings. The minimum atomic E-state index is -3.36. The molecule has 0 radical (unpaired) electrons. The summed E-state index contributed by atoms with van der Waals surface area (Å²) in [6, 6.07) is 0. The fourth-order valence-corrected chi connectivity index (χ4v) is 2.49. The molecule has 0 N–H and O–H groups in total. The predicted molar refractivity (Wildman–Crippen MR) is 53.5 cm³/mol. The van der Waals surface area contributed by atoms with Crippen LogP contribution in [0.1, 0.15) is 32.1 Å². The second kappa shape index (κ2) is 3.73. The summed E-state index contributed by atoms with van der Waals surface area (Å²) < 4.78 is 30.7. The fourth-order valence-electron chi connectivity index (χ4n) is 1.77. The lowest BCUT2D eigenvalue weighted by Crippen LogP contribution is -2.16. The van der Waals surface area contributed by atoms with Crippen molar-refractivity contribution in [2.45, 2.75) is 38.2 Å². The zero-order chi connectivity index (χ0) is 10.0. The normalized spacial score (nSPS) is 26.1. The lowest BCUT2D eigenvalue weighted by Gasteiger charge is -2.22. The van der Waals surface area contributed by atoms with Gasteiger partial charge in [0.05, 0.1) is 17.7 Å².